The number of anilines is 2. The van der Waals surface area contributed by atoms with E-state index in [1.165, 1.54) is 0 Å². The molecule has 0 aliphatic carbocycles. The number of rotatable bonds is 4. The Kier molecular flexibility index (Phi) is 3.74. The summed E-state index contributed by atoms with van der Waals surface area (Å²) in [5, 5.41) is 6.31. The predicted molar refractivity (Wildman–Crippen MR) is 76.3 cm³/mol. The van der Waals surface area contributed by atoms with Gasteiger partial charge in [-0.1, -0.05) is 20.8 Å². The molecule has 2 aromatic rings. The molecule has 0 saturated heterocycles. The molecule has 0 aliphatic heterocycles. The lowest BCUT2D eigenvalue weighted by Gasteiger charge is -2.18. The number of nitrogens with one attached hydrogen (secondary N) is 2. The molecule has 2 heterocycles. The molecule has 0 amide bonds. The highest BCUT2D eigenvalue weighted by atomic mass is 16.3. The Labute approximate surface area is 113 Å². The van der Waals surface area contributed by atoms with Gasteiger partial charge >= 0.3 is 0 Å². The van der Waals surface area contributed by atoms with E-state index in [2.05, 4.69) is 41.4 Å². The first-order chi connectivity index (χ1) is 8.99. The summed E-state index contributed by atoms with van der Waals surface area (Å²) in [5.41, 5.74) is -0.0893. The van der Waals surface area contributed by atoms with Gasteiger partial charge in [-0.25, -0.2) is 9.97 Å². The Morgan fingerprint density at radius 3 is 2.53 bits per heavy atom. The number of hydrogen-bond acceptors (Lipinski definition) is 5. The summed E-state index contributed by atoms with van der Waals surface area (Å²) >= 11 is 0. The quantitative estimate of drug-likeness (QED) is 0.884. The van der Waals surface area contributed by atoms with Gasteiger partial charge in [-0.05, 0) is 12.1 Å². The molecule has 0 fully saturated rings. The molecule has 0 saturated carbocycles. The Balaban J connectivity index is 2.19. The monoisotopic (exact) mass is 260 g/mol. The van der Waals surface area contributed by atoms with Crippen molar-refractivity contribution < 1.29 is 4.42 Å². The summed E-state index contributed by atoms with van der Waals surface area (Å²) in [6.45, 7) is 6.89. The van der Waals surface area contributed by atoms with E-state index >= 15 is 0 Å². The molecule has 0 radical (unpaired) electrons. The van der Waals surface area contributed by atoms with Crippen LogP contribution in [0.4, 0.5) is 11.6 Å². The van der Waals surface area contributed by atoms with Crippen molar-refractivity contribution in [2.24, 2.45) is 0 Å². The highest BCUT2D eigenvalue weighted by molar-refractivity contribution is 5.47. The van der Waals surface area contributed by atoms with Crippen molar-refractivity contribution in [3.63, 3.8) is 0 Å². The Bertz CT molecular complexity index is 529. The largest absolute Gasteiger partial charge is 0.467 e. The lowest BCUT2D eigenvalue weighted by Crippen LogP contribution is -2.18. The third-order valence-electron chi connectivity index (χ3n) is 2.68. The SMILES string of the molecule is CNc1cc(NCc2ccco2)nc(C(C)(C)C)n1. The molecule has 19 heavy (non-hydrogen) atoms. The second-order valence-electron chi connectivity index (χ2n) is 5.39. The van der Waals surface area contributed by atoms with Crippen molar-refractivity contribution >= 4 is 11.6 Å². The Hall–Kier alpha value is -2.04. The predicted octanol–water partition coefficient (Wildman–Crippen LogP) is 3.02. The van der Waals surface area contributed by atoms with E-state index in [-0.39, 0.29) is 5.41 Å². The molecule has 2 rings (SSSR count). The average molecular weight is 260 g/mol. The van der Waals surface area contributed by atoms with Crippen molar-refractivity contribution in [3.05, 3.63) is 36.0 Å². The van der Waals surface area contributed by atoms with Crippen LogP contribution in [0, 0.1) is 0 Å². The molecular formula is C14H20N4O. The van der Waals surface area contributed by atoms with Gasteiger partial charge in [0.25, 0.3) is 0 Å². The van der Waals surface area contributed by atoms with E-state index < -0.39 is 0 Å². The van der Waals surface area contributed by atoms with Crippen LogP contribution in [0.5, 0.6) is 0 Å². The highest BCUT2D eigenvalue weighted by Gasteiger charge is 2.18. The third-order valence-corrected chi connectivity index (χ3v) is 2.68. The maximum absolute atomic E-state index is 5.29. The van der Waals surface area contributed by atoms with Crippen LogP contribution in [-0.2, 0) is 12.0 Å². The van der Waals surface area contributed by atoms with Gasteiger partial charge < -0.3 is 15.1 Å². The first-order valence-corrected chi connectivity index (χ1v) is 6.32. The molecule has 2 N–H and O–H groups in total. The van der Waals surface area contributed by atoms with Gasteiger partial charge in [0.2, 0.25) is 0 Å². The number of hydrogen-bond donors (Lipinski definition) is 2. The third kappa shape index (κ3) is 3.47. The smallest absolute Gasteiger partial charge is 0.138 e. The van der Waals surface area contributed by atoms with Crippen LogP contribution < -0.4 is 10.6 Å². The van der Waals surface area contributed by atoms with Crippen molar-refractivity contribution in [3.8, 4) is 0 Å². The van der Waals surface area contributed by atoms with E-state index in [4.69, 9.17) is 4.42 Å². The summed E-state index contributed by atoms with van der Waals surface area (Å²) < 4.78 is 5.29. The minimum absolute atomic E-state index is 0.0893. The van der Waals surface area contributed by atoms with Crippen molar-refractivity contribution in [1.82, 2.24) is 9.97 Å². The highest BCUT2D eigenvalue weighted by Crippen LogP contribution is 2.22. The van der Waals surface area contributed by atoms with Gasteiger partial charge in [0.05, 0.1) is 12.8 Å². The van der Waals surface area contributed by atoms with Crippen LogP contribution in [0.25, 0.3) is 0 Å². The van der Waals surface area contributed by atoms with Crippen LogP contribution in [0.1, 0.15) is 32.4 Å². The molecule has 0 spiro atoms. The van der Waals surface area contributed by atoms with Crippen LogP contribution in [-0.4, -0.2) is 17.0 Å². The van der Waals surface area contributed by atoms with Crippen molar-refractivity contribution in [2.45, 2.75) is 32.7 Å². The average Bonchev–Trinajstić information content (AvgIpc) is 2.88. The maximum atomic E-state index is 5.29. The van der Waals surface area contributed by atoms with Gasteiger partial charge in [-0.3, -0.25) is 0 Å². The molecule has 0 aliphatic rings. The number of furan rings is 1. The van der Waals surface area contributed by atoms with Gasteiger partial charge in [0, 0.05) is 18.5 Å². The van der Waals surface area contributed by atoms with Crippen LogP contribution in [0.3, 0.4) is 0 Å². The first-order valence-electron chi connectivity index (χ1n) is 6.32. The van der Waals surface area contributed by atoms with Crippen molar-refractivity contribution in [1.29, 1.82) is 0 Å². The van der Waals surface area contributed by atoms with E-state index in [0.29, 0.717) is 6.54 Å². The second-order valence-corrected chi connectivity index (χ2v) is 5.39. The fourth-order valence-electron chi connectivity index (χ4n) is 1.59. The second kappa shape index (κ2) is 5.30. The maximum Gasteiger partial charge on any atom is 0.138 e. The van der Waals surface area contributed by atoms with E-state index in [1.807, 2.05) is 25.2 Å². The number of nitrogens with zero attached hydrogens (tertiary/aromatic N) is 2. The molecule has 5 nitrogen and oxygen atoms in total. The summed E-state index contributed by atoms with van der Waals surface area (Å²) in [4.78, 5) is 9.03. The fraction of sp³-hybridized carbons (Fsp3) is 0.429. The van der Waals surface area contributed by atoms with Crippen molar-refractivity contribution in [2.75, 3.05) is 17.7 Å². The Morgan fingerprint density at radius 1 is 1.21 bits per heavy atom. The van der Waals surface area contributed by atoms with E-state index in [1.54, 1.807) is 6.26 Å². The van der Waals surface area contributed by atoms with Gasteiger partial charge in [-0.15, -0.1) is 0 Å². The zero-order valence-electron chi connectivity index (χ0n) is 11.8. The fourth-order valence-corrected chi connectivity index (χ4v) is 1.59. The van der Waals surface area contributed by atoms with E-state index in [0.717, 1.165) is 23.2 Å². The lowest BCUT2D eigenvalue weighted by molar-refractivity contribution is 0.517. The van der Waals surface area contributed by atoms with Crippen LogP contribution in [0.15, 0.2) is 28.9 Å². The topological polar surface area (TPSA) is 63.0 Å². The lowest BCUT2D eigenvalue weighted by atomic mass is 9.96. The molecule has 0 aromatic carbocycles. The zero-order chi connectivity index (χ0) is 13.9. The molecule has 2 aromatic heterocycles. The first kappa shape index (κ1) is 13.4. The molecule has 0 atom stereocenters. The molecule has 0 bridgehead atoms. The minimum atomic E-state index is -0.0893. The molecule has 0 unspecified atom stereocenters. The Morgan fingerprint density at radius 2 is 1.95 bits per heavy atom. The normalized spacial score (nSPS) is 11.4. The number of aromatic nitrogens is 2. The summed E-state index contributed by atoms with van der Waals surface area (Å²) in [6.07, 6.45) is 1.66. The minimum Gasteiger partial charge on any atom is -0.467 e. The van der Waals surface area contributed by atoms with Crippen LogP contribution in [0.2, 0.25) is 0 Å². The molecule has 5 heteroatoms. The van der Waals surface area contributed by atoms with E-state index in [9.17, 15) is 0 Å². The molecule has 102 valence electrons. The summed E-state index contributed by atoms with van der Waals surface area (Å²) in [6, 6.07) is 5.69. The summed E-state index contributed by atoms with van der Waals surface area (Å²) in [5.74, 6) is 3.28. The standard InChI is InChI=1S/C14H20N4O/c1-14(2,3)13-17-11(15-4)8-12(18-13)16-9-10-6-5-7-19-10/h5-8H,9H2,1-4H3,(H2,15,16,17,18). The summed E-state index contributed by atoms with van der Waals surface area (Å²) in [7, 11) is 1.85. The van der Waals surface area contributed by atoms with Gasteiger partial charge in [-0.2, -0.15) is 0 Å². The van der Waals surface area contributed by atoms with Gasteiger partial charge in [0.1, 0.15) is 23.2 Å². The zero-order valence-corrected chi connectivity index (χ0v) is 11.8. The van der Waals surface area contributed by atoms with Gasteiger partial charge in [0.15, 0.2) is 0 Å². The van der Waals surface area contributed by atoms with Crippen LogP contribution >= 0.6 is 0 Å². The molecular weight excluding hydrogens is 240 g/mol.